The Morgan fingerprint density at radius 2 is 1.45 bits per heavy atom. The third-order valence-corrected chi connectivity index (χ3v) is 7.90. The standard InChI is InChI=1S/C18H22Br2/c19-16-3-1-12(2-4-16)8-17(20)18-9-13-5-14(10-18)7-15(6-13)11-18/h1-4,13-15,17H,5-11H2. The number of benzene rings is 1. The number of hydrogen-bond donors (Lipinski definition) is 0. The van der Waals surface area contributed by atoms with Crippen LogP contribution < -0.4 is 0 Å². The average Bonchev–Trinajstić information content (AvgIpc) is 2.40. The predicted molar refractivity (Wildman–Crippen MR) is 91.2 cm³/mol. The summed E-state index contributed by atoms with van der Waals surface area (Å²) in [5.41, 5.74) is 2.09. The van der Waals surface area contributed by atoms with Gasteiger partial charge < -0.3 is 0 Å². The molecule has 0 amide bonds. The van der Waals surface area contributed by atoms with Crippen LogP contribution in [-0.4, -0.2) is 4.83 Å². The highest BCUT2D eigenvalue weighted by atomic mass is 79.9. The van der Waals surface area contributed by atoms with E-state index in [1.807, 2.05) is 0 Å². The van der Waals surface area contributed by atoms with Gasteiger partial charge in [-0.15, -0.1) is 0 Å². The zero-order chi connectivity index (χ0) is 13.7. The Kier molecular flexibility index (Phi) is 3.54. The Morgan fingerprint density at radius 3 is 1.95 bits per heavy atom. The first-order valence-electron chi connectivity index (χ1n) is 8.01. The smallest absolute Gasteiger partial charge is 0.0242 e. The van der Waals surface area contributed by atoms with E-state index in [0.29, 0.717) is 10.2 Å². The molecule has 0 aromatic heterocycles. The lowest BCUT2D eigenvalue weighted by Gasteiger charge is -2.58. The highest BCUT2D eigenvalue weighted by Crippen LogP contribution is 2.62. The van der Waals surface area contributed by atoms with Gasteiger partial charge in [-0.3, -0.25) is 0 Å². The minimum Gasteiger partial charge on any atom is -0.0881 e. The highest BCUT2D eigenvalue weighted by Gasteiger charge is 2.53. The number of halogens is 2. The van der Waals surface area contributed by atoms with Crippen LogP contribution in [0.5, 0.6) is 0 Å². The first-order valence-corrected chi connectivity index (χ1v) is 9.72. The van der Waals surface area contributed by atoms with Crippen LogP contribution in [-0.2, 0) is 6.42 Å². The van der Waals surface area contributed by atoms with Crippen LogP contribution >= 0.6 is 31.9 Å². The maximum absolute atomic E-state index is 4.11. The van der Waals surface area contributed by atoms with Gasteiger partial charge in [-0.1, -0.05) is 44.0 Å². The summed E-state index contributed by atoms with van der Waals surface area (Å²) in [6, 6.07) is 8.90. The van der Waals surface area contributed by atoms with Gasteiger partial charge in [0, 0.05) is 9.30 Å². The van der Waals surface area contributed by atoms with Gasteiger partial charge in [-0.2, -0.15) is 0 Å². The van der Waals surface area contributed by atoms with Crippen molar-refractivity contribution in [3.63, 3.8) is 0 Å². The molecule has 2 heteroatoms. The van der Waals surface area contributed by atoms with Crippen molar-refractivity contribution in [3.05, 3.63) is 34.3 Å². The highest BCUT2D eigenvalue weighted by molar-refractivity contribution is 9.10. The van der Waals surface area contributed by atoms with Crippen molar-refractivity contribution in [2.45, 2.75) is 49.8 Å². The fraction of sp³-hybridized carbons (Fsp3) is 0.667. The van der Waals surface area contributed by atoms with E-state index in [1.165, 1.54) is 55.0 Å². The van der Waals surface area contributed by atoms with Crippen molar-refractivity contribution in [3.8, 4) is 0 Å². The molecule has 0 nitrogen and oxygen atoms in total. The van der Waals surface area contributed by atoms with Crippen molar-refractivity contribution >= 4 is 31.9 Å². The third-order valence-electron chi connectivity index (χ3n) is 6.08. The van der Waals surface area contributed by atoms with Crippen LogP contribution in [0.15, 0.2) is 28.7 Å². The Morgan fingerprint density at radius 1 is 0.950 bits per heavy atom. The fourth-order valence-corrected chi connectivity index (χ4v) is 6.80. The SMILES string of the molecule is Brc1ccc(CC(Br)C23CC4CC(CC(C4)C2)C3)cc1. The Hall–Kier alpha value is 0.180. The quantitative estimate of drug-likeness (QED) is 0.551. The average molecular weight is 398 g/mol. The van der Waals surface area contributed by atoms with Gasteiger partial charge in [0.1, 0.15) is 0 Å². The summed E-state index contributed by atoms with van der Waals surface area (Å²) in [6.45, 7) is 0. The molecule has 5 rings (SSSR count). The lowest BCUT2D eigenvalue weighted by molar-refractivity contribution is -0.0522. The van der Waals surface area contributed by atoms with Crippen molar-refractivity contribution in [1.29, 1.82) is 0 Å². The molecule has 1 aromatic carbocycles. The molecule has 4 saturated carbocycles. The van der Waals surface area contributed by atoms with Crippen LogP contribution in [0.2, 0.25) is 0 Å². The van der Waals surface area contributed by atoms with Crippen LogP contribution in [0.3, 0.4) is 0 Å². The number of rotatable bonds is 3. The fourth-order valence-electron chi connectivity index (χ4n) is 5.61. The summed E-state index contributed by atoms with van der Waals surface area (Å²) in [6.07, 6.45) is 10.3. The topological polar surface area (TPSA) is 0 Å². The number of alkyl halides is 1. The van der Waals surface area contributed by atoms with Crippen molar-refractivity contribution in [1.82, 2.24) is 0 Å². The van der Waals surface area contributed by atoms with Crippen LogP contribution in [0.1, 0.15) is 44.1 Å². The van der Waals surface area contributed by atoms with Gasteiger partial charge >= 0.3 is 0 Å². The van der Waals surface area contributed by atoms with E-state index in [0.717, 1.165) is 17.8 Å². The zero-order valence-corrected chi connectivity index (χ0v) is 15.0. The van der Waals surface area contributed by atoms with Gasteiger partial charge in [-0.05, 0) is 85.8 Å². The van der Waals surface area contributed by atoms with E-state index in [1.54, 1.807) is 0 Å². The molecule has 108 valence electrons. The minimum absolute atomic E-state index is 0.613. The first-order chi connectivity index (χ1) is 9.63. The third kappa shape index (κ3) is 2.41. The summed E-state index contributed by atoms with van der Waals surface area (Å²) in [5, 5.41) is 0. The second kappa shape index (κ2) is 5.12. The molecule has 4 aliphatic rings. The maximum atomic E-state index is 4.11. The summed E-state index contributed by atoms with van der Waals surface area (Å²) in [4.78, 5) is 0.671. The van der Waals surface area contributed by atoms with E-state index in [2.05, 4.69) is 56.1 Å². The van der Waals surface area contributed by atoms with Crippen molar-refractivity contribution in [2.24, 2.45) is 23.2 Å². The van der Waals surface area contributed by atoms with Gasteiger partial charge in [-0.25, -0.2) is 0 Å². The molecule has 4 fully saturated rings. The lowest BCUT2D eigenvalue weighted by Crippen LogP contribution is -2.50. The van der Waals surface area contributed by atoms with E-state index in [-0.39, 0.29) is 0 Å². The van der Waals surface area contributed by atoms with E-state index >= 15 is 0 Å². The number of hydrogen-bond acceptors (Lipinski definition) is 0. The molecule has 0 spiro atoms. The Bertz CT molecular complexity index is 455. The molecule has 1 unspecified atom stereocenters. The molecule has 20 heavy (non-hydrogen) atoms. The molecular formula is C18H22Br2. The minimum atomic E-state index is 0.613. The second-order valence-corrected chi connectivity index (χ2v) is 9.60. The monoisotopic (exact) mass is 396 g/mol. The summed E-state index contributed by atoms with van der Waals surface area (Å²) in [7, 11) is 0. The Balaban J connectivity index is 1.53. The first kappa shape index (κ1) is 13.8. The van der Waals surface area contributed by atoms with Crippen molar-refractivity contribution < 1.29 is 0 Å². The van der Waals surface area contributed by atoms with E-state index in [9.17, 15) is 0 Å². The molecule has 4 aliphatic carbocycles. The summed E-state index contributed by atoms with van der Waals surface area (Å²) >= 11 is 7.64. The molecule has 0 radical (unpaired) electrons. The second-order valence-electron chi connectivity index (χ2n) is 7.58. The van der Waals surface area contributed by atoms with Gasteiger partial charge in [0.15, 0.2) is 0 Å². The van der Waals surface area contributed by atoms with E-state index < -0.39 is 0 Å². The normalized spacial score (nSPS) is 40.0. The molecule has 0 N–H and O–H groups in total. The molecule has 0 saturated heterocycles. The predicted octanol–water partition coefficient (Wildman–Crippen LogP) is 5.97. The lowest BCUT2D eigenvalue weighted by atomic mass is 9.48. The largest absolute Gasteiger partial charge is 0.0881 e. The molecule has 1 aromatic rings. The van der Waals surface area contributed by atoms with E-state index in [4.69, 9.17) is 0 Å². The maximum Gasteiger partial charge on any atom is 0.0242 e. The Labute approximate surface area is 139 Å². The van der Waals surface area contributed by atoms with Crippen LogP contribution in [0.25, 0.3) is 0 Å². The summed E-state index contributed by atoms with van der Waals surface area (Å²) < 4.78 is 1.18. The van der Waals surface area contributed by atoms with Gasteiger partial charge in [0.25, 0.3) is 0 Å². The van der Waals surface area contributed by atoms with Crippen molar-refractivity contribution in [2.75, 3.05) is 0 Å². The molecule has 0 heterocycles. The molecule has 0 aliphatic heterocycles. The van der Waals surface area contributed by atoms with Gasteiger partial charge in [0.2, 0.25) is 0 Å². The van der Waals surface area contributed by atoms with Crippen LogP contribution in [0, 0.1) is 23.2 Å². The molecule has 4 bridgehead atoms. The van der Waals surface area contributed by atoms with Crippen LogP contribution in [0.4, 0.5) is 0 Å². The molecular weight excluding hydrogens is 376 g/mol. The summed E-state index contributed by atoms with van der Waals surface area (Å²) in [5.74, 6) is 3.14. The molecule has 1 atom stereocenters. The zero-order valence-electron chi connectivity index (χ0n) is 11.8. The van der Waals surface area contributed by atoms with Gasteiger partial charge in [0.05, 0.1) is 0 Å².